The maximum atomic E-state index is 6.65. The standard InChI is InChI=1S/C50H31NOS/c1-3-14-37-32(11-1)13-9-18-38(37)34-23-26-35(27-24-34)51(36-28-30-48-44(31-36)41-17-6-8-22-47(41)53-48)45-20-7-5-16-40(45)42-19-10-21-46-49(42)43-29-25-33-12-2-4-15-39(33)50(43)52-46/h1-31H. The van der Waals surface area contributed by atoms with Crippen LogP contribution in [-0.4, -0.2) is 0 Å². The van der Waals surface area contributed by atoms with Crippen molar-refractivity contribution in [2.45, 2.75) is 0 Å². The molecule has 0 spiro atoms. The molecule has 11 rings (SSSR count). The van der Waals surface area contributed by atoms with Crippen molar-refractivity contribution in [2.24, 2.45) is 0 Å². The average Bonchev–Trinajstić information content (AvgIpc) is 3.80. The summed E-state index contributed by atoms with van der Waals surface area (Å²) in [6, 6.07) is 68.0. The van der Waals surface area contributed by atoms with Crippen LogP contribution in [0.4, 0.5) is 17.1 Å². The zero-order valence-corrected chi connectivity index (χ0v) is 29.5. The second-order valence-electron chi connectivity index (χ2n) is 13.6. The predicted octanol–water partition coefficient (Wildman–Crippen LogP) is 15.1. The lowest BCUT2D eigenvalue weighted by Crippen LogP contribution is -2.11. The molecule has 2 nitrogen and oxygen atoms in total. The van der Waals surface area contributed by atoms with Crippen molar-refractivity contribution < 1.29 is 4.42 Å². The molecule has 0 amide bonds. The second kappa shape index (κ2) is 11.9. The normalized spacial score (nSPS) is 11.8. The highest BCUT2D eigenvalue weighted by Crippen LogP contribution is 2.47. The van der Waals surface area contributed by atoms with Crippen molar-refractivity contribution in [1.82, 2.24) is 0 Å². The molecule has 53 heavy (non-hydrogen) atoms. The van der Waals surface area contributed by atoms with Gasteiger partial charge in [-0.05, 0) is 87.4 Å². The molecule has 11 aromatic rings. The smallest absolute Gasteiger partial charge is 0.143 e. The maximum Gasteiger partial charge on any atom is 0.143 e. The molecule has 0 atom stereocenters. The van der Waals surface area contributed by atoms with Crippen LogP contribution in [0.5, 0.6) is 0 Å². The Balaban J connectivity index is 1.14. The zero-order valence-electron chi connectivity index (χ0n) is 28.7. The Morgan fingerprint density at radius 3 is 1.92 bits per heavy atom. The van der Waals surface area contributed by atoms with Crippen LogP contribution in [0.3, 0.4) is 0 Å². The Morgan fingerprint density at radius 1 is 0.396 bits per heavy atom. The lowest BCUT2D eigenvalue weighted by Gasteiger charge is -2.28. The highest BCUT2D eigenvalue weighted by molar-refractivity contribution is 7.25. The van der Waals surface area contributed by atoms with Crippen molar-refractivity contribution in [3.8, 4) is 22.3 Å². The van der Waals surface area contributed by atoms with Crippen LogP contribution < -0.4 is 4.90 Å². The molecule has 0 N–H and O–H groups in total. The van der Waals surface area contributed by atoms with Crippen LogP contribution in [-0.2, 0) is 0 Å². The summed E-state index contributed by atoms with van der Waals surface area (Å²) in [7, 11) is 0. The van der Waals surface area contributed by atoms with Crippen molar-refractivity contribution in [1.29, 1.82) is 0 Å². The molecule has 248 valence electrons. The van der Waals surface area contributed by atoms with Gasteiger partial charge in [-0.2, -0.15) is 0 Å². The first kappa shape index (κ1) is 30.0. The number of hydrogen-bond acceptors (Lipinski definition) is 3. The van der Waals surface area contributed by atoms with E-state index in [1.165, 1.54) is 47.5 Å². The fourth-order valence-electron chi connectivity index (χ4n) is 8.22. The second-order valence-corrected chi connectivity index (χ2v) is 14.7. The van der Waals surface area contributed by atoms with E-state index in [0.717, 1.165) is 55.5 Å². The fraction of sp³-hybridized carbons (Fsp3) is 0. The van der Waals surface area contributed by atoms with Gasteiger partial charge in [0.2, 0.25) is 0 Å². The number of rotatable bonds is 5. The molecule has 0 saturated heterocycles. The molecule has 0 aliphatic heterocycles. The monoisotopic (exact) mass is 693 g/mol. The van der Waals surface area contributed by atoms with Gasteiger partial charge in [-0.3, -0.25) is 0 Å². The van der Waals surface area contributed by atoms with E-state index in [4.69, 9.17) is 4.42 Å². The molecule has 0 saturated carbocycles. The summed E-state index contributed by atoms with van der Waals surface area (Å²) < 4.78 is 9.24. The van der Waals surface area contributed by atoms with Crippen molar-refractivity contribution in [3.05, 3.63) is 188 Å². The Bertz CT molecular complexity index is 3180. The average molecular weight is 694 g/mol. The van der Waals surface area contributed by atoms with Gasteiger partial charge in [0, 0.05) is 53.3 Å². The van der Waals surface area contributed by atoms with Crippen LogP contribution >= 0.6 is 11.3 Å². The Labute approximate surface area is 310 Å². The third-order valence-electron chi connectivity index (χ3n) is 10.7. The SMILES string of the molecule is c1ccc(N(c2ccc(-c3cccc4ccccc34)cc2)c2ccc3sc4ccccc4c3c2)c(-c2cccc3oc4c5ccccc5ccc4c23)c1. The van der Waals surface area contributed by atoms with Gasteiger partial charge < -0.3 is 9.32 Å². The zero-order chi connectivity index (χ0) is 34.9. The molecular weight excluding hydrogens is 663 g/mol. The summed E-state index contributed by atoms with van der Waals surface area (Å²) in [4.78, 5) is 2.42. The number of benzene rings is 9. The summed E-state index contributed by atoms with van der Waals surface area (Å²) in [5, 5.41) is 9.62. The maximum absolute atomic E-state index is 6.65. The van der Waals surface area contributed by atoms with Gasteiger partial charge >= 0.3 is 0 Å². The van der Waals surface area contributed by atoms with Gasteiger partial charge in [0.05, 0.1) is 5.69 Å². The Kier molecular flexibility index (Phi) is 6.76. The van der Waals surface area contributed by atoms with Gasteiger partial charge in [0.15, 0.2) is 0 Å². The van der Waals surface area contributed by atoms with Gasteiger partial charge in [0.1, 0.15) is 11.2 Å². The van der Waals surface area contributed by atoms with E-state index in [2.05, 4.69) is 193 Å². The minimum Gasteiger partial charge on any atom is -0.455 e. The molecule has 0 unspecified atom stereocenters. The number of fused-ring (bicyclic) bond motifs is 9. The van der Waals surface area contributed by atoms with E-state index in [9.17, 15) is 0 Å². The molecule has 2 aromatic heterocycles. The third kappa shape index (κ3) is 4.78. The van der Waals surface area contributed by atoms with Crippen LogP contribution in [0, 0.1) is 0 Å². The minimum atomic E-state index is 0.890. The Morgan fingerprint density at radius 2 is 1.04 bits per heavy atom. The number of thiophene rings is 1. The fourth-order valence-corrected chi connectivity index (χ4v) is 9.31. The van der Waals surface area contributed by atoms with Gasteiger partial charge in [0.25, 0.3) is 0 Å². The number of nitrogens with zero attached hydrogens (tertiary/aromatic N) is 1. The van der Waals surface area contributed by atoms with Crippen LogP contribution in [0.15, 0.2) is 192 Å². The summed E-state index contributed by atoms with van der Waals surface area (Å²) >= 11 is 1.85. The van der Waals surface area contributed by atoms with Crippen molar-refractivity contribution >= 4 is 92.1 Å². The van der Waals surface area contributed by atoms with Crippen molar-refractivity contribution in [2.75, 3.05) is 4.90 Å². The van der Waals surface area contributed by atoms with E-state index in [1.54, 1.807) is 0 Å². The summed E-state index contributed by atoms with van der Waals surface area (Å²) in [6.45, 7) is 0. The highest BCUT2D eigenvalue weighted by atomic mass is 32.1. The largest absolute Gasteiger partial charge is 0.455 e. The van der Waals surface area contributed by atoms with E-state index < -0.39 is 0 Å². The molecular formula is C50H31NOS. The molecule has 0 aliphatic rings. The predicted molar refractivity (Wildman–Crippen MR) is 227 cm³/mol. The highest BCUT2D eigenvalue weighted by Gasteiger charge is 2.22. The van der Waals surface area contributed by atoms with E-state index in [-0.39, 0.29) is 0 Å². The van der Waals surface area contributed by atoms with Gasteiger partial charge in [-0.1, -0.05) is 133 Å². The molecule has 0 bridgehead atoms. The first-order valence-corrected chi connectivity index (χ1v) is 18.8. The first-order valence-electron chi connectivity index (χ1n) is 18.0. The first-order chi connectivity index (χ1) is 26.3. The topological polar surface area (TPSA) is 16.4 Å². The van der Waals surface area contributed by atoms with Crippen LogP contribution in [0.2, 0.25) is 0 Å². The number of anilines is 3. The van der Waals surface area contributed by atoms with E-state index >= 15 is 0 Å². The van der Waals surface area contributed by atoms with Gasteiger partial charge in [-0.15, -0.1) is 11.3 Å². The van der Waals surface area contributed by atoms with Crippen molar-refractivity contribution in [3.63, 3.8) is 0 Å². The number of furan rings is 1. The quantitative estimate of drug-likeness (QED) is 0.178. The van der Waals surface area contributed by atoms with E-state index in [0.29, 0.717) is 0 Å². The van der Waals surface area contributed by atoms with Crippen LogP contribution in [0.25, 0.3) is 85.9 Å². The molecule has 0 aliphatic carbocycles. The number of para-hydroxylation sites is 1. The lowest BCUT2D eigenvalue weighted by atomic mass is 9.95. The van der Waals surface area contributed by atoms with Gasteiger partial charge in [-0.25, -0.2) is 0 Å². The van der Waals surface area contributed by atoms with E-state index in [1.807, 2.05) is 11.3 Å². The molecule has 9 aromatic carbocycles. The molecule has 0 fully saturated rings. The molecule has 2 heterocycles. The number of hydrogen-bond donors (Lipinski definition) is 0. The Hall–Kier alpha value is -6.68. The van der Waals surface area contributed by atoms with Crippen LogP contribution in [0.1, 0.15) is 0 Å². The summed E-state index contributed by atoms with van der Waals surface area (Å²) in [5.41, 5.74) is 9.84. The molecule has 3 heteroatoms. The third-order valence-corrected chi connectivity index (χ3v) is 11.8. The minimum absolute atomic E-state index is 0.890. The molecule has 0 radical (unpaired) electrons. The summed E-state index contributed by atoms with van der Waals surface area (Å²) in [5.74, 6) is 0. The lowest BCUT2D eigenvalue weighted by molar-refractivity contribution is 0.673. The summed E-state index contributed by atoms with van der Waals surface area (Å²) in [6.07, 6.45) is 0.